The first-order chi connectivity index (χ1) is 7.20. The van der Waals surface area contributed by atoms with Crippen molar-refractivity contribution in [2.24, 2.45) is 0 Å². The van der Waals surface area contributed by atoms with E-state index >= 15 is 0 Å². The quantitative estimate of drug-likeness (QED) is 0.818. The molecule has 3 heteroatoms. The second kappa shape index (κ2) is 3.93. The lowest BCUT2D eigenvalue weighted by molar-refractivity contribution is 0.0950. The van der Waals surface area contributed by atoms with Gasteiger partial charge in [0.25, 0.3) is 5.91 Å². The molecule has 1 N–H and O–H groups in total. The van der Waals surface area contributed by atoms with Crippen LogP contribution in [-0.2, 0) is 0 Å². The van der Waals surface area contributed by atoms with E-state index in [1.165, 1.54) is 0 Å². The number of nitrogens with one attached hydrogen (secondary N) is 1. The molecular formula is C12H15NO2. The van der Waals surface area contributed by atoms with Crippen LogP contribution >= 0.6 is 0 Å². The highest BCUT2D eigenvalue weighted by Gasteiger charge is 2.24. The molecule has 0 aliphatic heterocycles. The molecule has 0 unspecified atom stereocenters. The predicted octanol–water partition coefficient (Wildman–Crippen LogP) is 1.90. The Bertz CT molecular complexity index is 383. The van der Waals surface area contributed by atoms with Crippen LogP contribution in [0.1, 0.15) is 28.8 Å². The molecule has 2 rings (SSSR count). The molecule has 0 aromatic heterocycles. The standard InChI is InChI=1S/C12H15NO2/c1-8-7-10(15-2)5-6-11(8)12(14)13-9-3-4-9/h5-7,9H,3-4H2,1-2H3,(H,13,14). The minimum Gasteiger partial charge on any atom is -0.497 e. The molecule has 0 spiro atoms. The number of carbonyl (C=O) groups is 1. The fourth-order valence-corrected chi connectivity index (χ4v) is 1.51. The normalized spacial score (nSPS) is 14.8. The van der Waals surface area contributed by atoms with Gasteiger partial charge in [0.05, 0.1) is 7.11 Å². The molecule has 1 aliphatic rings. The van der Waals surface area contributed by atoms with Gasteiger partial charge < -0.3 is 10.1 Å². The average molecular weight is 205 g/mol. The van der Waals surface area contributed by atoms with E-state index in [2.05, 4.69) is 5.32 Å². The molecule has 80 valence electrons. The number of aryl methyl sites for hydroxylation is 1. The van der Waals surface area contributed by atoms with Gasteiger partial charge in [0.15, 0.2) is 0 Å². The van der Waals surface area contributed by atoms with Crippen molar-refractivity contribution in [3.8, 4) is 5.75 Å². The minimum absolute atomic E-state index is 0.0256. The Kier molecular flexibility index (Phi) is 2.62. The maximum atomic E-state index is 11.8. The highest BCUT2D eigenvalue weighted by atomic mass is 16.5. The largest absolute Gasteiger partial charge is 0.497 e. The van der Waals surface area contributed by atoms with Crippen LogP contribution in [0, 0.1) is 6.92 Å². The van der Waals surface area contributed by atoms with Crippen molar-refractivity contribution in [2.75, 3.05) is 7.11 Å². The SMILES string of the molecule is COc1ccc(C(=O)NC2CC2)c(C)c1. The third-order valence-electron chi connectivity index (χ3n) is 2.59. The molecule has 1 aromatic rings. The summed E-state index contributed by atoms with van der Waals surface area (Å²) >= 11 is 0. The zero-order valence-electron chi connectivity index (χ0n) is 9.04. The predicted molar refractivity (Wildman–Crippen MR) is 58.2 cm³/mol. The van der Waals surface area contributed by atoms with Crippen LogP contribution in [-0.4, -0.2) is 19.1 Å². The first-order valence-electron chi connectivity index (χ1n) is 5.16. The van der Waals surface area contributed by atoms with E-state index in [0.29, 0.717) is 6.04 Å². The highest BCUT2D eigenvalue weighted by Crippen LogP contribution is 2.21. The number of hydrogen-bond acceptors (Lipinski definition) is 2. The second-order valence-corrected chi connectivity index (χ2v) is 3.93. The Hall–Kier alpha value is -1.51. The van der Waals surface area contributed by atoms with Crippen molar-refractivity contribution >= 4 is 5.91 Å². The summed E-state index contributed by atoms with van der Waals surface area (Å²) in [5.74, 6) is 0.813. The monoisotopic (exact) mass is 205 g/mol. The molecule has 0 heterocycles. The van der Waals surface area contributed by atoms with E-state index in [4.69, 9.17) is 4.74 Å². The fraction of sp³-hybridized carbons (Fsp3) is 0.417. The van der Waals surface area contributed by atoms with E-state index in [1.807, 2.05) is 25.1 Å². The van der Waals surface area contributed by atoms with Gasteiger partial charge in [0.1, 0.15) is 5.75 Å². The molecule has 1 fully saturated rings. The van der Waals surface area contributed by atoms with Gasteiger partial charge in [-0.25, -0.2) is 0 Å². The third-order valence-corrected chi connectivity index (χ3v) is 2.59. The summed E-state index contributed by atoms with van der Waals surface area (Å²) in [6.07, 6.45) is 2.22. The lowest BCUT2D eigenvalue weighted by Gasteiger charge is -2.08. The molecule has 15 heavy (non-hydrogen) atoms. The van der Waals surface area contributed by atoms with Crippen LogP contribution in [0.25, 0.3) is 0 Å². The molecule has 0 atom stereocenters. The summed E-state index contributed by atoms with van der Waals surface area (Å²) in [6, 6.07) is 5.90. The lowest BCUT2D eigenvalue weighted by Crippen LogP contribution is -2.25. The smallest absolute Gasteiger partial charge is 0.251 e. The number of hydrogen-bond donors (Lipinski definition) is 1. The van der Waals surface area contributed by atoms with Gasteiger partial charge in [-0.3, -0.25) is 4.79 Å². The van der Waals surface area contributed by atoms with Crippen LogP contribution in [0.15, 0.2) is 18.2 Å². The van der Waals surface area contributed by atoms with Crippen LogP contribution < -0.4 is 10.1 Å². The zero-order valence-corrected chi connectivity index (χ0v) is 9.04. The van der Waals surface area contributed by atoms with Crippen molar-refractivity contribution in [3.63, 3.8) is 0 Å². The van der Waals surface area contributed by atoms with Gasteiger partial charge in [-0.15, -0.1) is 0 Å². The molecule has 0 radical (unpaired) electrons. The zero-order chi connectivity index (χ0) is 10.8. The average Bonchev–Trinajstić information content (AvgIpc) is 3.01. The van der Waals surface area contributed by atoms with Crippen molar-refractivity contribution in [2.45, 2.75) is 25.8 Å². The number of benzene rings is 1. The second-order valence-electron chi connectivity index (χ2n) is 3.93. The minimum atomic E-state index is 0.0256. The van der Waals surface area contributed by atoms with Gasteiger partial charge in [-0.1, -0.05) is 0 Å². The Morgan fingerprint density at radius 2 is 2.20 bits per heavy atom. The van der Waals surface area contributed by atoms with Gasteiger partial charge in [-0.2, -0.15) is 0 Å². The van der Waals surface area contributed by atoms with E-state index < -0.39 is 0 Å². The molecular weight excluding hydrogens is 190 g/mol. The van der Waals surface area contributed by atoms with Gasteiger partial charge in [-0.05, 0) is 43.5 Å². The number of rotatable bonds is 3. The number of ether oxygens (including phenoxy) is 1. The van der Waals surface area contributed by atoms with Crippen molar-refractivity contribution in [1.29, 1.82) is 0 Å². The van der Waals surface area contributed by atoms with Gasteiger partial charge >= 0.3 is 0 Å². The summed E-state index contributed by atoms with van der Waals surface area (Å²) in [5.41, 5.74) is 1.69. The van der Waals surface area contributed by atoms with Crippen molar-refractivity contribution in [1.82, 2.24) is 5.32 Å². The van der Waals surface area contributed by atoms with Gasteiger partial charge in [0.2, 0.25) is 0 Å². The Labute approximate surface area is 89.4 Å². The molecule has 1 amide bonds. The summed E-state index contributed by atoms with van der Waals surface area (Å²) < 4.78 is 5.09. The number of amides is 1. The summed E-state index contributed by atoms with van der Waals surface area (Å²) in [7, 11) is 1.62. The summed E-state index contributed by atoms with van der Waals surface area (Å²) in [6.45, 7) is 1.92. The first-order valence-corrected chi connectivity index (χ1v) is 5.16. The fourth-order valence-electron chi connectivity index (χ4n) is 1.51. The van der Waals surface area contributed by atoms with Crippen LogP contribution in [0.4, 0.5) is 0 Å². The number of methoxy groups -OCH3 is 1. The third kappa shape index (κ3) is 2.29. The number of carbonyl (C=O) groups excluding carboxylic acids is 1. The van der Waals surface area contributed by atoms with E-state index in [-0.39, 0.29) is 5.91 Å². The van der Waals surface area contributed by atoms with E-state index in [1.54, 1.807) is 7.11 Å². The van der Waals surface area contributed by atoms with E-state index in [9.17, 15) is 4.79 Å². The van der Waals surface area contributed by atoms with Crippen molar-refractivity contribution < 1.29 is 9.53 Å². The molecule has 0 saturated heterocycles. The van der Waals surface area contributed by atoms with E-state index in [0.717, 1.165) is 29.7 Å². The maximum absolute atomic E-state index is 11.8. The van der Waals surface area contributed by atoms with Crippen LogP contribution in [0.3, 0.4) is 0 Å². The highest BCUT2D eigenvalue weighted by molar-refractivity contribution is 5.96. The maximum Gasteiger partial charge on any atom is 0.251 e. The van der Waals surface area contributed by atoms with Crippen molar-refractivity contribution in [3.05, 3.63) is 29.3 Å². The molecule has 0 bridgehead atoms. The van der Waals surface area contributed by atoms with Crippen LogP contribution in [0.5, 0.6) is 5.75 Å². The molecule has 3 nitrogen and oxygen atoms in total. The topological polar surface area (TPSA) is 38.3 Å². The summed E-state index contributed by atoms with van der Waals surface area (Å²) in [4.78, 5) is 11.8. The lowest BCUT2D eigenvalue weighted by atomic mass is 10.1. The molecule has 1 aromatic carbocycles. The first kappa shape index (κ1) is 10.0. The molecule has 1 saturated carbocycles. The molecule has 1 aliphatic carbocycles. The summed E-state index contributed by atoms with van der Waals surface area (Å²) in [5, 5.41) is 2.97. The Balaban J connectivity index is 2.15. The van der Waals surface area contributed by atoms with Crippen LogP contribution in [0.2, 0.25) is 0 Å². The Morgan fingerprint density at radius 1 is 1.47 bits per heavy atom. The van der Waals surface area contributed by atoms with Gasteiger partial charge in [0, 0.05) is 11.6 Å². The Morgan fingerprint density at radius 3 is 2.73 bits per heavy atom.